The third-order valence-electron chi connectivity index (χ3n) is 3.69. The number of likely N-dealkylation sites (N-methyl/N-ethyl adjacent to an activating group) is 1. The molecule has 0 aliphatic heterocycles. The number of nitrogens with zero attached hydrogens (tertiary/aromatic N) is 1. The molecule has 2 aromatic rings. The van der Waals surface area contributed by atoms with Gasteiger partial charge in [-0.25, -0.2) is 9.78 Å². The Morgan fingerprint density at radius 1 is 1.24 bits per heavy atom. The molecule has 1 N–H and O–H groups in total. The van der Waals surface area contributed by atoms with Gasteiger partial charge in [-0.3, -0.25) is 4.79 Å². The number of amides is 1. The molecule has 6 heteroatoms. The van der Waals surface area contributed by atoms with E-state index in [-0.39, 0.29) is 5.91 Å². The van der Waals surface area contributed by atoms with E-state index in [1.807, 2.05) is 26.0 Å². The van der Waals surface area contributed by atoms with Crippen molar-refractivity contribution in [3.05, 3.63) is 53.2 Å². The van der Waals surface area contributed by atoms with Crippen LogP contribution >= 0.6 is 11.8 Å². The Morgan fingerprint density at radius 2 is 2.00 bits per heavy atom. The van der Waals surface area contributed by atoms with Gasteiger partial charge in [-0.2, -0.15) is 0 Å². The van der Waals surface area contributed by atoms with Crippen LogP contribution in [0.5, 0.6) is 0 Å². The van der Waals surface area contributed by atoms with Gasteiger partial charge < -0.3 is 10.1 Å². The Balaban J connectivity index is 2.18. The maximum absolute atomic E-state index is 12.4. The van der Waals surface area contributed by atoms with E-state index >= 15 is 0 Å². The average Bonchev–Trinajstić information content (AvgIpc) is 2.58. The van der Waals surface area contributed by atoms with Gasteiger partial charge in [0.05, 0.1) is 5.56 Å². The summed E-state index contributed by atoms with van der Waals surface area (Å²) in [6.45, 7) is 7.94. The second-order valence-electron chi connectivity index (χ2n) is 5.65. The van der Waals surface area contributed by atoms with Crippen LogP contribution in [0.25, 0.3) is 0 Å². The number of nitrogens with one attached hydrogen (secondary N) is 1. The Hall–Kier alpha value is -2.34. The standard InChI is InChI=1S/C19H22N2O3S/c1-5-20-17(22)14(4)24-19(23)16-7-6-10-21-18(16)25-15-9-8-12(2)13(3)11-15/h6-11,14H,5H2,1-4H3,(H,20,22)/t14-/m0/s1. The molecule has 1 aromatic heterocycles. The average molecular weight is 358 g/mol. The van der Waals surface area contributed by atoms with Crippen LogP contribution in [-0.4, -0.2) is 29.5 Å². The lowest BCUT2D eigenvalue weighted by molar-refractivity contribution is -0.128. The van der Waals surface area contributed by atoms with Crippen molar-refractivity contribution < 1.29 is 14.3 Å². The van der Waals surface area contributed by atoms with Crippen molar-refractivity contribution in [1.82, 2.24) is 10.3 Å². The molecule has 0 aliphatic carbocycles. The highest BCUT2D eigenvalue weighted by molar-refractivity contribution is 7.99. The Labute approximate surface area is 152 Å². The van der Waals surface area contributed by atoms with Gasteiger partial charge in [-0.1, -0.05) is 17.8 Å². The SMILES string of the molecule is CCNC(=O)[C@H](C)OC(=O)c1cccnc1Sc1ccc(C)c(C)c1. The van der Waals surface area contributed by atoms with Crippen LogP contribution in [0.2, 0.25) is 0 Å². The van der Waals surface area contributed by atoms with E-state index < -0.39 is 12.1 Å². The summed E-state index contributed by atoms with van der Waals surface area (Å²) >= 11 is 1.40. The first-order valence-electron chi connectivity index (χ1n) is 8.11. The zero-order valence-corrected chi connectivity index (χ0v) is 15.6. The minimum Gasteiger partial charge on any atom is -0.449 e. The second-order valence-corrected chi connectivity index (χ2v) is 6.71. The van der Waals surface area contributed by atoms with Crippen molar-refractivity contribution >= 4 is 23.6 Å². The fraction of sp³-hybridized carbons (Fsp3) is 0.316. The highest BCUT2D eigenvalue weighted by atomic mass is 32.2. The highest BCUT2D eigenvalue weighted by Crippen LogP contribution is 2.30. The first-order valence-corrected chi connectivity index (χ1v) is 8.92. The van der Waals surface area contributed by atoms with E-state index in [1.54, 1.807) is 25.3 Å². The maximum atomic E-state index is 12.4. The number of aromatic nitrogens is 1. The fourth-order valence-electron chi connectivity index (χ4n) is 2.11. The van der Waals surface area contributed by atoms with Gasteiger partial charge in [0.25, 0.3) is 5.91 Å². The van der Waals surface area contributed by atoms with Crippen LogP contribution in [0.15, 0.2) is 46.5 Å². The van der Waals surface area contributed by atoms with Gasteiger partial charge in [-0.15, -0.1) is 0 Å². The minimum atomic E-state index is -0.855. The summed E-state index contributed by atoms with van der Waals surface area (Å²) in [5.41, 5.74) is 2.73. The van der Waals surface area contributed by atoms with Crippen molar-refractivity contribution in [2.45, 2.75) is 43.7 Å². The lowest BCUT2D eigenvalue weighted by Gasteiger charge is -2.14. The molecular formula is C19H22N2O3S. The molecular weight excluding hydrogens is 336 g/mol. The number of carbonyl (C=O) groups excluding carboxylic acids is 2. The molecule has 1 heterocycles. The molecule has 0 unspecified atom stereocenters. The zero-order chi connectivity index (χ0) is 18.4. The van der Waals surface area contributed by atoms with E-state index in [1.165, 1.54) is 22.9 Å². The molecule has 25 heavy (non-hydrogen) atoms. The number of pyridine rings is 1. The molecule has 132 valence electrons. The number of benzene rings is 1. The molecule has 0 saturated carbocycles. The summed E-state index contributed by atoms with van der Waals surface area (Å²) in [4.78, 5) is 29.5. The number of rotatable bonds is 6. The first kappa shape index (κ1) is 19.0. The molecule has 0 radical (unpaired) electrons. The van der Waals surface area contributed by atoms with Crippen LogP contribution in [0.1, 0.15) is 35.3 Å². The number of hydrogen-bond donors (Lipinski definition) is 1. The smallest absolute Gasteiger partial charge is 0.341 e. The van der Waals surface area contributed by atoms with Crippen molar-refractivity contribution in [2.24, 2.45) is 0 Å². The van der Waals surface area contributed by atoms with Crippen LogP contribution in [0.3, 0.4) is 0 Å². The Bertz CT molecular complexity index is 777. The number of ether oxygens (including phenoxy) is 1. The highest BCUT2D eigenvalue weighted by Gasteiger charge is 2.21. The number of carbonyl (C=O) groups is 2. The molecule has 0 fully saturated rings. The lowest BCUT2D eigenvalue weighted by atomic mass is 10.1. The third-order valence-corrected chi connectivity index (χ3v) is 4.70. The first-order chi connectivity index (χ1) is 11.9. The Kier molecular flexibility index (Phi) is 6.58. The normalized spacial score (nSPS) is 11.7. The van der Waals surface area contributed by atoms with Crippen molar-refractivity contribution in [1.29, 1.82) is 0 Å². The molecule has 1 aromatic carbocycles. The van der Waals surface area contributed by atoms with Crippen LogP contribution in [0.4, 0.5) is 0 Å². The quantitative estimate of drug-likeness (QED) is 0.800. The summed E-state index contributed by atoms with van der Waals surface area (Å²) in [6.07, 6.45) is 0.778. The maximum Gasteiger partial charge on any atom is 0.341 e. The van der Waals surface area contributed by atoms with Gasteiger partial charge in [-0.05, 0) is 63.1 Å². The molecule has 0 bridgehead atoms. The molecule has 2 rings (SSSR count). The van der Waals surface area contributed by atoms with Crippen molar-refractivity contribution in [3.8, 4) is 0 Å². The van der Waals surface area contributed by atoms with Gasteiger partial charge in [0.1, 0.15) is 5.03 Å². The second kappa shape index (κ2) is 8.67. The van der Waals surface area contributed by atoms with Gasteiger partial charge >= 0.3 is 5.97 Å². The summed E-state index contributed by atoms with van der Waals surface area (Å²) in [5, 5.41) is 3.19. The topological polar surface area (TPSA) is 68.3 Å². The number of esters is 1. The Morgan fingerprint density at radius 3 is 2.68 bits per heavy atom. The van der Waals surface area contributed by atoms with E-state index in [0.717, 1.165) is 4.90 Å². The van der Waals surface area contributed by atoms with Gasteiger partial charge in [0.15, 0.2) is 6.10 Å². The van der Waals surface area contributed by atoms with E-state index in [0.29, 0.717) is 17.1 Å². The van der Waals surface area contributed by atoms with E-state index in [4.69, 9.17) is 4.74 Å². The van der Waals surface area contributed by atoms with E-state index in [9.17, 15) is 9.59 Å². The summed E-state index contributed by atoms with van der Waals surface area (Å²) in [7, 11) is 0. The zero-order valence-electron chi connectivity index (χ0n) is 14.8. The monoisotopic (exact) mass is 358 g/mol. The number of aryl methyl sites for hydroxylation is 2. The van der Waals surface area contributed by atoms with Crippen LogP contribution in [0, 0.1) is 13.8 Å². The number of hydrogen-bond acceptors (Lipinski definition) is 5. The largest absolute Gasteiger partial charge is 0.449 e. The minimum absolute atomic E-state index is 0.317. The van der Waals surface area contributed by atoms with E-state index in [2.05, 4.69) is 23.3 Å². The molecule has 1 atom stereocenters. The van der Waals surface area contributed by atoms with Crippen molar-refractivity contribution in [3.63, 3.8) is 0 Å². The van der Waals surface area contributed by atoms with Gasteiger partial charge in [0.2, 0.25) is 0 Å². The third kappa shape index (κ3) is 5.06. The summed E-state index contributed by atoms with van der Waals surface area (Å²) in [6, 6.07) is 9.42. The fourth-order valence-corrected chi connectivity index (χ4v) is 3.08. The van der Waals surface area contributed by atoms with Crippen molar-refractivity contribution in [2.75, 3.05) is 6.54 Å². The predicted octanol–water partition coefficient (Wildman–Crippen LogP) is 3.53. The lowest BCUT2D eigenvalue weighted by Crippen LogP contribution is -2.35. The predicted molar refractivity (Wildman–Crippen MR) is 97.8 cm³/mol. The van der Waals surface area contributed by atoms with Crippen LogP contribution < -0.4 is 5.32 Å². The molecule has 0 saturated heterocycles. The molecule has 5 nitrogen and oxygen atoms in total. The van der Waals surface area contributed by atoms with Crippen LogP contribution in [-0.2, 0) is 9.53 Å². The summed E-state index contributed by atoms with van der Waals surface area (Å²) in [5.74, 6) is -0.874. The van der Waals surface area contributed by atoms with Gasteiger partial charge in [0, 0.05) is 17.6 Å². The molecule has 0 aliphatic rings. The molecule has 1 amide bonds. The summed E-state index contributed by atoms with van der Waals surface area (Å²) < 4.78 is 5.27. The molecule has 0 spiro atoms.